The first-order valence-electron chi connectivity index (χ1n) is 5.44. The molecule has 15 heavy (non-hydrogen) atoms. The van der Waals surface area contributed by atoms with E-state index in [1.54, 1.807) is 12.1 Å². The molecule has 0 amide bonds. The molecule has 1 fully saturated rings. The summed E-state index contributed by atoms with van der Waals surface area (Å²) >= 11 is 0. The van der Waals surface area contributed by atoms with Gasteiger partial charge in [0, 0.05) is 0 Å². The third-order valence-electron chi connectivity index (χ3n) is 3.09. The zero-order valence-electron chi connectivity index (χ0n) is 9.12. The molecule has 0 aromatic carbocycles. The predicted molar refractivity (Wildman–Crippen MR) is 57.1 cm³/mol. The minimum atomic E-state index is -1.11. The molecule has 0 bridgehead atoms. The Hall–Kier alpha value is -1.30. The number of nitriles is 1. The van der Waals surface area contributed by atoms with Crippen molar-refractivity contribution in [3.8, 4) is 6.07 Å². The molecule has 1 aliphatic carbocycles. The maximum absolute atomic E-state index is 10.7. The number of carbonyl (C=O) groups is 1. The molecule has 1 saturated carbocycles. The van der Waals surface area contributed by atoms with Crippen molar-refractivity contribution < 1.29 is 9.90 Å². The van der Waals surface area contributed by atoms with Gasteiger partial charge >= 0.3 is 5.97 Å². The van der Waals surface area contributed by atoms with Gasteiger partial charge in [0.25, 0.3) is 0 Å². The second-order valence-corrected chi connectivity index (χ2v) is 4.54. The summed E-state index contributed by atoms with van der Waals surface area (Å²) in [4.78, 5) is 10.7. The lowest BCUT2D eigenvalue weighted by Gasteiger charge is -2.23. The van der Waals surface area contributed by atoms with E-state index in [0.717, 1.165) is 25.7 Å². The SMILES string of the molecule is CC1(/C=C(/C#N)C(=O)O)CCCCCC1. The first kappa shape index (κ1) is 11.8. The van der Waals surface area contributed by atoms with E-state index < -0.39 is 5.97 Å². The molecule has 0 radical (unpaired) electrons. The van der Waals surface area contributed by atoms with Gasteiger partial charge < -0.3 is 5.11 Å². The van der Waals surface area contributed by atoms with Gasteiger partial charge in [0.1, 0.15) is 11.6 Å². The largest absolute Gasteiger partial charge is 0.477 e. The number of carboxylic acids is 1. The van der Waals surface area contributed by atoms with Crippen LogP contribution in [0, 0.1) is 16.7 Å². The second-order valence-electron chi connectivity index (χ2n) is 4.54. The summed E-state index contributed by atoms with van der Waals surface area (Å²) in [6.07, 6.45) is 8.34. The molecule has 0 aromatic rings. The van der Waals surface area contributed by atoms with Gasteiger partial charge in [-0.15, -0.1) is 0 Å². The van der Waals surface area contributed by atoms with Gasteiger partial charge in [-0.05, 0) is 18.3 Å². The molecule has 0 heterocycles. The van der Waals surface area contributed by atoms with Gasteiger partial charge in [-0.1, -0.05) is 38.7 Å². The molecular formula is C12H17NO2. The molecular weight excluding hydrogens is 190 g/mol. The molecule has 82 valence electrons. The van der Waals surface area contributed by atoms with Crippen LogP contribution in [-0.2, 0) is 4.79 Å². The summed E-state index contributed by atoms with van der Waals surface area (Å²) in [5, 5.41) is 17.5. The maximum atomic E-state index is 10.7. The van der Waals surface area contributed by atoms with E-state index in [4.69, 9.17) is 10.4 Å². The van der Waals surface area contributed by atoms with E-state index in [1.807, 2.05) is 0 Å². The minimum Gasteiger partial charge on any atom is -0.477 e. The van der Waals surface area contributed by atoms with Gasteiger partial charge in [-0.25, -0.2) is 4.79 Å². The van der Waals surface area contributed by atoms with Crippen LogP contribution >= 0.6 is 0 Å². The van der Waals surface area contributed by atoms with Crippen LogP contribution in [0.4, 0.5) is 0 Å². The highest BCUT2D eigenvalue weighted by Gasteiger charge is 2.25. The summed E-state index contributed by atoms with van der Waals surface area (Å²) in [5.74, 6) is -1.11. The van der Waals surface area contributed by atoms with E-state index in [9.17, 15) is 4.79 Å². The van der Waals surface area contributed by atoms with Crippen LogP contribution in [0.1, 0.15) is 45.4 Å². The average Bonchev–Trinajstić information content (AvgIpc) is 2.40. The van der Waals surface area contributed by atoms with Crippen LogP contribution in [0.3, 0.4) is 0 Å². The van der Waals surface area contributed by atoms with Crippen molar-refractivity contribution >= 4 is 5.97 Å². The molecule has 1 rings (SSSR count). The standard InChI is InChI=1S/C12H17NO2/c1-12(6-4-2-3-5-7-12)8-10(9-13)11(14)15/h8H,2-7H2,1H3,(H,14,15)/b10-8-. The molecule has 0 saturated heterocycles. The molecule has 0 aromatic heterocycles. The van der Waals surface area contributed by atoms with Crippen molar-refractivity contribution in [3.05, 3.63) is 11.6 Å². The topological polar surface area (TPSA) is 61.1 Å². The third-order valence-corrected chi connectivity index (χ3v) is 3.09. The smallest absolute Gasteiger partial charge is 0.346 e. The summed E-state index contributed by atoms with van der Waals surface area (Å²) in [7, 11) is 0. The average molecular weight is 207 g/mol. The minimum absolute atomic E-state index is 0.0973. The summed E-state index contributed by atoms with van der Waals surface area (Å²) in [6, 6.07) is 1.76. The Morgan fingerprint density at radius 3 is 2.27 bits per heavy atom. The van der Waals surface area contributed by atoms with E-state index in [-0.39, 0.29) is 11.0 Å². The first-order chi connectivity index (χ1) is 7.07. The Morgan fingerprint density at radius 2 is 1.87 bits per heavy atom. The van der Waals surface area contributed by atoms with E-state index >= 15 is 0 Å². The highest BCUT2D eigenvalue weighted by molar-refractivity contribution is 5.91. The maximum Gasteiger partial charge on any atom is 0.346 e. The molecule has 3 heteroatoms. The normalized spacial score (nSPS) is 21.5. The van der Waals surface area contributed by atoms with Crippen molar-refractivity contribution in [2.75, 3.05) is 0 Å². The summed E-state index contributed by atoms with van der Waals surface area (Å²) in [5.41, 5.74) is -0.209. The Labute approximate surface area is 90.4 Å². The van der Waals surface area contributed by atoms with Crippen LogP contribution in [0.2, 0.25) is 0 Å². The second kappa shape index (κ2) is 4.97. The van der Waals surface area contributed by atoms with Crippen molar-refractivity contribution in [1.82, 2.24) is 0 Å². The molecule has 1 aliphatic rings. The number of hydrogen-bond donors (Lipinski definition) is 1. The molecule has 0 unspecified atom stereocenters. The third kappa shape index (κ3) is 3.39. The number of nitrogens with zero attached hydrogens (tertiary/aromatic N) is 1. The number of carboxylic acid groups (broad SMARTS) is 1. The van der Waals surface area contributed by atoms with Gasteiger partial charge in [0.15, 0.2) is 0 Å². The van der Waals surface area contributed by atoms with Crippen molar-refractivity contribution in [3.63, 3.8) is 0 Å². The summed E-state index contributed by atoms with van der Waals surface area (Å²) in [6.45, 7) is 2.05. The molecule has 1 N–H and O–H groups in total. The summed E-state index contributed by atoms with van der Waals surface area (Å²) < 4.78 is 0. The highest BCUT2D eigenvalue weighted by atomic mass is 16.4. The molecule has 0 spiro atoms. The Bertz CT molecular complexity index is 304. The van der Waals surface area contributed by atoms with Crippen molar-refractivity contribution in [1.29, 1.82) is 5.26 Å². The van der Waals surface area contributed by atoms with Gasteiger partial charge in [-0.2, -0.15) is 5.26 Å². The fourth-order valence-corrected chi connectivity index (χ4v) is 2.17. The van der Waals surface area contributed by atoms with E-state index in [1.165, 1.54) is 12.8 Å². The van der Waals surface area contributed by atoms with Crippen molar-refractivity contribution in [2.24, 2.45) is 5.41 Å². The van der Waals surface area contributed by atoms with Crippen LogP contribution < -0.4 is 0 Å². The molecule has 0 atom stereocenters. The van der Waals surface area contributed by atoms with Gasteiger partial charge in [0.05, 0.1) is 0 Å². The van der Waals surface area contributed by atoms with E-state index in [2.05, 4.69) is 6.92 Å². The highest BCUT2D eigenvalue weighted by Crippen LogP contribution is 2.36. The lowest BCUT2D eigenvalue weighted by molar-refractivity contribution is -0.132. The Balaban J connectivity index is 2.84. The first-order valence-corrected chi connectivity index (χ1v) is 5.44. The van der Waals surface area contributed by atoms with Crippen molar-refractivity contribution in [2.45, 2.75) is 45.4 Å². The molecule has 0 aliphatic heterocycles. The lowest BCUT2D eigenvalue weighted by atomic mass is 9.81. The Morgan fingerprint density at radius 1 is 1.33 bits per heavy atom. The van der Waals surface area contributed by atoms with Gasteiger partial charge in [-0.3, -0.25) is 0 Å². The van der Waals surface area contributed by atoms with Crippen LogP contribution in [0.15, 0.2) is 11.6 Å². The number of hydrogen-bond acceptors (Lipinski definition) is 2. The van der Waals surface area contributed by atoms with Gasteiger partial charge in [0.2, 0.25) is 0 Å². The lowest BCUT2D eigenvalue weighted by Crippen LogP contribution is -2.14. The fraction of sp³-hybridized carbons (Fsp3) is 0.667. The number of aliphatic carboxylic acids is 1. The monoisotopic (exact) mass is 207 g/mol. The number of rotatable bonds is 2. The molecule has 3 nitrogen and oxygen atoms in total. The zero-order valence-corrected chi connectivity index (χ0v) is 9.12. The Kier molecular flexibility index (Phi) is 3.90. The van der Waals surface area contributed by atoms with Crippen LogP contribution in [0.5, 0.6) is 0 Å². The van der Waals surface area contributed by atoms with Crippen LogP contribution in [-0.4, -0.2) is 11.1 Å². The predicted octanol–water partition coefficient (Wildman–Crippen LogP) is 2.88. The number of allylic oxidation sites excluding steroid dienone is 1. The van der Waals surface area contributed by atoms with E-state index in [0.29, 0.717) is 0 Å². The zero-order chi connectivity index (χ0) is 11.3. The van der Waals surface area contributed by atoms with Crippen LogP contribution in [0.25, 0.3) is 0 Å². The quantitative estimate of drug-likeness (QED) is 0.430. The fourth-order valence-electron chi connectivity index (χ4n) is 2.17.